The van der Waals surface area contributed by atoms with E-state index >= 15 is 0 Å². The first kappa shape index (κ1) is 13.3. The quantitative estimate of drug-likeness (QED) is 0.282. The van der Waals surface area contributed by atoms with Gasteiger partial charge in [0.05, 0.1) is 6.10 Å². The second-order valence-corrected chi connectivity index (χ2v) is 3.00. The maximum absolute atomic E-state index is 10.2. The van der Waals surface area contributed by atoms with E-state index in [1.165, 1.54) is 0 Å². The first-order valence-electron chi connectivity index (χ1n) is 3.92. The molecule has 6 N–H and O–H groups in total. The molecular weight excluding hydrogens is 196 g/mol. The highest BCUT2D eigenvalue weighted by Gasteiger charge is 2.35. The number of carboxylic acids is 1. The van der Waals surface area contributed by atoms with Gasteiger partial charge >= 0.3 is 5.97 Å². The van der Waals surface area contributed by atoms with E-state index in [0.29, 0.717) is 0 Å². The van der Waals surface area contributed by atoms with Crippen LogP contribution in [0.4, 0.5) is 0 Å². The molecule has 0 amide bonds. The summed E-state index contributed by atoms with van der Waals surface area (Å²) in [5.41, 5.74) is 0. The number of rotatable bonds is 5. The van der Waals surface area contributed by atoms with Gasteiger partial charge in [-0.25, -0.2) is 4.79 Å². The van der Waals surface area contributed by atoms with Crippen LogP contribution in [0.3, 0.4) is 0 Å². The van der Waals surface area contributed by atoms with Gasteiger partial charge in [0.2, 0.25) is 0 Å². The van der Waals surface area contributed by atoms with E-state index in [0.717, 1.165) is 6.92 Å². The monoisotopic (exact) mass is 210 g/mol. The fourth-order valence-electron chi connectivity index (χ4n) is 0.820. The molecule has 7 nitrogen and oxygen atoms in total. The van der Waals surface area contributed by atoms with E-state index in [9.17, 15) is 4.79 Å². The van der Waals surface area contributed by atoms with Gasteiger partial charge in [-0.1, -0.05) is 0 Å². The molecule has 84 valence electrons. The van der Waals surface area contributed by atoms with Gasteiger partial charge in [-0.15, -0.1) is 0 Å². The maximum atomic E-state index is 10.2. The van der Waals surface area contributed by atoms with Gasteiger partial charge in [0.25, 0.3) is 0 Å². The molecule has 5 atom stereocenters. The first-order chi connectivity index (χ1) is 6.29. The van der Waals surface area contributed by atoms with Crippen molar-refractivity contribution in [2.45, 2.75) is 37.4 Å². The maximum Gasteiger partial charge on any atom is 0.335 e. The molecule has 0 rings (SSSR count). The van der Waals surface area contributed by atoms with Crippen LogP contribution in [0.2, 0.25) is 0 Å². The standard InChI is InChI=1S/C7H14O7/c1-2(8)3(9)4(10)5(11)6(12)7(13)14/h2-6,8-12H,1H3,(H,13,14)/t2-,3+,4+,5+,6+/m1/s1. The second kappa shape index (κ2) is 5.23. The molecule has 0 aliphatic rings. The fraction of sp³-hybridized carbons (Fsp3) is 0.857. The van der Waals surface area contributed by atoms with Gasteiger partial charge in [-0.05, 0) is 6.92 Å². The summed E-state index contributed by atoms with van der Waals surface area (Å²) in [5.74, 6) is -1.73. The third-order valence-corrected chi connectivity index (χ3v) is 1.77. The number of carboxylic acid groups (broad SMARTS) is 1. The van der Waals surface area contributed by atoms with Crippen LogP contribution in [-0.4, -0.2) is 67.1 Å². The van der Waals surface area contributed by atoms with Crippen molar-refractivity contribution in [1.82, 2.24) is 0 Å². The number of hydrogen-bond donors (Lipinski definition) is 6. The molecule has 0 aliphatic carbocycles. The number of carbonyl (C=O) groups is 1. The van der Waals surface area contributed by atoms with Gasteiger partial charge in [0, 0.05) is 0 Å². The highest BCUT2D eigenvalue weighted by Crippen LogP contribution is 2.08. The van der Waals surface area contributed by atoms with Gasteiger partial charge in [-0.3, -0.25) is 0 Å². The third kappa shape index (κ3) is 3.20. The van der Waals surface area contributed by atoms with Gasteiger partial charge in [0.1, 0.15) is 18.3 Å². The van der Waals surface area contributed by atoms with E-state index < -0.39 is 36.5 Å². The Morgan fingerprint density at radius 3 is 1.64 bits per heavy atom. The minimum absolute atomic E-state index is 1.15. The molecule has 0 unspecified atom stereocenters. The summed E-state index contributed by atoms with van der Waals surface area (Å²) in [5, 5.41) is 53.0. The molecule has 7 heteroatoms. The largest absolute Gasteiger partial charge is 0.479 e. The molecule has 0 aromatic heterocycles. The number of aliphatic hydroxyl groups excluding tert-OH is 5. The molecule has 0 saturated heterocycles. The van der Waals surface area contributed by atoms with E-state index in [1.54, 1.807) is 0 Å². The lowest BCUT2D eigenvalue weighted by atomic mass is 10.00. The molecular formula is C7H14O7. The smallest absolute Gasteiger partial charge is 0.335 e. The van der Waals surface area contributed by atoms with Crippen LogP contribution in [0.1, 0.15) is 6.92 Å². The van der Waals surface area contributed by atoms with Crippen molar-refractivity contribution in [3.8, 4) is 0 Å². The zero-order valence-electron chi connectivity index (χ0n) is 7.48. The fourth-order valence-corrected chi connectivity index (χ4v) is 0.820. The normalized spacial score (nSPS) is 22.1. The summed E-state index contributed by atoms with van der Waals surface area (Å²) in [6.07, 6.45) is -9.27. The topological polar surface area (TPSA) is 138 Å². The van der Waals surface area contributed by atoms with Crippen molar-refractivity contribution in [3.63, 3.8) is 0 Å². The number of hydrogen-bond acceptors (Lipinski definition) is 6. The van der Waals surface area contributed by atoms with Gasteiger partial charge in [-0.2, -0.15) is 0 Å². The highest BCUT2D eigenvalue weighted by atomic mass is 16.4. The average Bonchev–Trinajstić information content (AvgIpc) is 2.12. The average molecular weight is 210 g/mol. The van der Waals surface area contributed by atoms with Crippen molar-refractivity contribution in [2.24, 2.45) is 0 Å². The molecule has 0 aromatic carbocycles. The SMILES string of the molecule is C[C@@H](O)[C@H](O)[C@H](O)[C@H](O)[C@H](O)C(=O)O. The van der Waals surface area contributed by atoms with Crippen molar-refractivity contribution < 1.29 is 35.4 Å². The molecule has 0 radical (unpaired) electrons. The van der Waals surface area contributed by atoms with Crippen molar-refractivity contribution in [2.75, 3.05) is 0 Å². The summed E-state index contributed by atoms with van der Waals surface area (Å²) >= 11 is 0. The molecule has 0 bridgehead atoms. The molecule has 0 aliphatic heterocycles. The summed E-state index contributed by atoms with van der Waals surface area (Å²) in [6, 6.07) is 0. The Morgan fingerprint density at radius 2 is 1.36 bits per heavy atom. The molecule has 0 spiro atoms. The van der Waals surface area contributed by atoms with Crippen LogP contribution in [-0.2, 0) is 4.79 Å². The summed E-state index contributed by atoms with van der Waals surface area (Å²) in [4.78, 5) is 10.2. The van der Waals surface area contributed by atoms with Crippen molar-refractivity contribution in [3.05, 3.63) is 0 Å². The lowest BCUT2D eigenvalue weighted by Crippen LogP contribution is -2.50. The van der Waals surface area contributed by atoms with E-state index in [-0.39, 0.29) is 0 Å². The van der Waals surface area contributed by atoms with Crippen LogP contribution in [0, 0.1) is 0 Å². The predicted molar refractivity (Wildman–Crippen MR) is 43.3 cm³/mol. The summed E-state index contributed by atoms with van der Waals surface area (Å²) in [6.45, 7) is 1.15. The summed E-state index contributed by atoms with van der Waals surface area (Å²) < 4.78 is 0. The predicted octanol–water partition coefficient (Wildman–Crippen LogP) is -3.10. The summed E-state index contributed by atoms with van der Waals surface area (Å²) in [7, 11) is 0. The lowest BCUT2D eigenvalue weighted by molar-refractivity contribution is -0.167. The molecule has 0 saturated carbocycles. The highest BCUT2D eigenvalue weighted by molar-refractivity contribution is 5.72. The number of aliphatic carboxylic acids is 1. The van der Waals surface area contributed by atoms with Crippen LogP contribution in [0.5, 0.6) is 0 Å². The zero-order chi connectivity index (χ0) is 11.5. The Morgan fingerprint density at radius 1 is 0.929 bits per heavy atom. The van der Waals surface area contributed by atoms with Crippen LogP contribution < -0.4 is 0 Å². The Hall–Kier alpha value is -0.730. The van der Waals surface area contributed by atoms with E-state index in [1.807, 2.05) is 0 Å². The van der Waals surface area contributed by atoms with Crippen LogP contribution >= 0.6 is 0 Å². The van der Waals surface area contributed by atoms with E-state index in [4.69, 9.17) is 30.6 Å². The molecule has 0 aromatic rings. The van der Waals surface area contributed by atoms with E-state index in [2.05, 4.69) is 0 Å². The van der Waals surface area contributed by atoms with Crippen molar-refractivity contribution >= 4 is 5.97 Å². The molecule has 14 heavy (non-hydrogen) atoms. The minimum atomic E-state index is -2.21. The Balaban J connectivity index is 4.37. The molecule has 0 fully saturated rings. The number of aliphatic hydroxyl groups is 5. The minimum Gasteiger partial charge on any atom is -0.479 e. The van der Waals surface area contributed by atoms with Crippen LogP contribution in [0.15, 0.2) is 0 Å². The lowest BCUT2D eigenvalue weighted by Gasteiger charge is -2.25. The second-order valence-electron chi connectivity index (χ2n) is 3.00. The van der Waals surface area contributed by atoms with Crippen molar-refractivity contribution in [1.29, 1.82) is 0 Å². The zero-order valence-corrected chi connectivity index (χ0v) is 7.48. The van der Waals surface area contributed by atoms with Crippen LogP contribution in [0.25, 0.3) is 0 Å². The Kier molecular flexibility index (Phi) is 4.95. The Labute approximate surface area is 79.9 Å². The first-order valence-corrected chi connectivity index (χ1v) is 3.92. The third-order valence-electron chi connectivity index (χ3n) is 1.77. The van der Waals surface area contributed by atoms with Gasteiger partial charge in [0.15, 0.2) is 6.10 Å². The van der Waals surface area contributed by atoms with Gasteiger partial charge < -0.3 is 30.6 Å². The molecule has 0 heterocycles. The Bertz CT molecular complexity index is 192.